The summed E-state index contributed by atoms with van der Waals surface area (Å²) < 4.78 is 0. The Kier molecular flexibility index (Phi) is 3.44. The number of imide groups is 1. The number of nitrogens with zero attached hydrogens (tertiary/aromatic N) is 2. The Morgan fingerprint density at radius 2 is 2.00 bits per heavy atom. The number of amides is 2. The second-order valence-corrected chi connectivity index (χ2v) is 5.85. The van der Waals surface area contributed by atoms with Crippen LogP contribution in [0.1, 0.15) is 17.7 Å². The second-order valence-electron chi connectivity index (χ2n) is 4.90. The number of carbonyl (C=O) groups excluding carboxylic acids is 2. The summed E-state index contributed by atoms with van der Waals surface area (Å²) in [5.41, 5.74) is 1.14. The third kappa shape index (κ3) is 1.98. The molecule has 2 amide bonds. The lowest BCUT2D eigenvalue weighted by Gasteiger charge is -2.19. The second kappa shape index (κ2) is 5.25. The molecule has 0 radical (unpaired) electrons. The highest BCUT2D eigenvalue weighted by Crippen LogP contribution is 2.35. The summed E-state index contributed by atoms with van der Waals surface area (Å²) in [5.74, 6) is -0.376. The molecule has 2 aliphatic heterocycles. The molecule has 104 valence electrons. The zero-order chi connectivity index (χ0) is 14.1. The van der Waals surface area contributed by atoms with Crippen LogP contribution >= 0.6 is 11.3 Å². The van der Waals surface area contributed by atoms with Gasteiger partial charge in [0.05, 0.1) is 5.57 Å². The van der Waals surface area contributed by atoms with E-state index in [2.05, 4.69) is 11.5 Å². The Labute approximate surface area is 122 Å². The van der Waals surface area contributed by atoms with Crippen molar-refractivity contribution in [2.45, 2.75) is 12.8 Å². The predicted octanol–water partition coefficient (Wildman–Crippen LogP) is 2.11. The van der Waals surface area contributed by atoms with E-state index in [1.165, 1.54) is 16.2 Å². The van der Waals surface area contributed by atoms with Crippen LogP contribution in [0, 0.1) is 0 Å². The Bertz CT molecular complexity index is 583. The molecule has 4 nitrogen and oxygen atoms in total. The van der Waals surface area contributed by atoms with Gasteiger partial charge in [-0.05, 0) is 24.3 Å². The maximum atomic E-state index is 12.6. The van der Waals surface area contributed by atoms with Gasteiger partial charge in [-0.2, -0.15) is 0 Å². The van der Waals surface area contributed by atoms with E-state index in [9.17, 15) is 9.59 Å². The van der Waals surface area contributed by atoms with Crippen LogP contribution in [0.3, 0.4) is 0 Å². The Hall–Kier alpha value is -1.88. The number of hydrogen-bond donors (Lipinski definition) is 0. The molecule has 0 saturated carbocycles. The lowest BCUT2D eigenvalue weighted by molar-refractivity contribution is -0.136. The van der Waals surface area contributed by atoms with Crippen molar-refractivity contribution in [3.63, 3.8) is 0 Å². The molecule has 1 fully saturated rings. The van der Waals surface area contributed by atoms with Crippen LogP contribution in [-0.2, 0) is 9.59 Å². The number of hydrogen-bond acceptors (Lipinski definition) is 4. The van der Waals surface area contributed by atoms with Crippen molar-refractivity contribution >= 4 is 28.7 Å². The Morgan fingerprint density at radius 3 is 2.60 bits per heavy atom. The van der Waals surface area contributed by atoms with Crippen LogP contribution < -0.4 is 0 Å². The van der Waals surface area contributed by atoms with Gasteiger partial charge in [-0.3, -0.25) is 14.5 Å². The normalized spacial score (nSPS) is 19.4. The molecule has 1 saturated heterocycles. The quantitative estimate of drug-likeness (QED) is 0.629. The molecule has 0 atom stereocenters. The molecule has 5 heteroatoms. The van der Waals surface area contributed by atoms with Crippen LogP contribution in [0.4, 0.5) is 0 Å². The van der Waals surface area contributed by atoms with E-state index in [0.717, 1.165) is 30.8 Å². The molecule has 20 heavy (non-hydrogen) atoms. The average molecular weight is 288 g/mol. The molecule has 3 rings (SSSR count). The van der Waals surface area contributed by atoms with Gasteiger partial charge in [-0.15, -0.1) is 17.9 Å². The maximum Gasteiger partial charge on any atom is 0.278 e. The van der Waals surface area contributed by atoms with Gasteiger partial charge in [-0.25, -0.2) is 0 Å². The number of thiophene rings is 1. The van der Waals surface area contributed by atoms with Gasteiger partial charge in [0, 0.05) is 24.5 Å². The van der Waals surface area contributed by atoms with Gasteiger partial charge in [-0.1, -0.05) is 12.1 Å². The van der Waals surface area contributed by atoms with Gasteiger partial charge in [0.25, 0.3) is 11.8 Å². The molecule has 1 aromatic heterocycles. The minimum Gasteiger partial charge on any atom is -0.366 e. The van der Waals surface area contributed by atoms with Gasteiger partial charge in [0.15, 0.2) is 0 Å². The largest absolute Gasteiger partial charge is 0.366 e. The smallest absolute Gasteiger partial charge is 0.278 e. The summed E-state index contributed by atoms with van der Waals surface area (Å²) in [6.45, 7) is 5.60. The molecule has 0 bridgehead atoms. The highest BCUT2D eigenvalue weighted by atomic mass is 32.1. The van der Waals surface area contributed by atoms with Gasteiger partial charge >= 0.3 is 0 Å². The van der Waals surface area contributed by atoms with Crippen molar-refractivity contribution in [3.8, 4) is 0 Å². The lowest BCUT2D eigenvalue weighted by Crippen LogP contribution is -2.34. The van der Waals surface area contributed by atoms with Gasteiger partial charge < -0.3 is 4.90 Å². The van der Waals surface area contributed by atoms with Gasteiger partial charge in [0.2, 0.25) is 0 Å². The van der Waals surface area contributed by atoms with E-state index in [0.29, 0.717) is 11.3 Å². The van der Waals surface area contributed by atoms with E-state index in [1.54, 1.807) is 6.08 Å². The van der Waals surface area contributed by atoms with Gasteiger partial charge in [0.1, 0.15) is 5.70 Å². The van der Waals surface area contributed by atoms with Crippen LogP contribution in [0.2, 0.25) is 0 Å². The molecule has 0 spiro atoms. The first-order valence-corrected chi connectivity index (χ1v) is 7.62. The van der Waals surface area contributed by atoms with E-state index in [1.807, 2.05) is 17.5 Å². The van der Waals surface area contributed by atoms with Crippen molar-refractivity contribution in [1.82, 2.24) is 9.80 Å². The number of rotatable bonds is 4. The molecular formula is C15H16N2O2S. The molecule has 0 N–H and O–H groups in total. The third-order valence-electron chi connectivity index (χ3n) is 3.65. The van der Waals surface area contributed by atoms with E-state index in [4.69, 9.17) is 0 Å². The molecule has 3 heterocycles. The van der Waals surface area contributed by atoms with E-state index < -0.39 is 0 Å². The monoisotopic (exact) mass is 288 g/mol. The van der Waals surface area contributed by atoms with Crippen LogP contribution in [0.25, 0.3) is 5.57 Å². The number of likely N-dealkylation sites (tertiary alicyclic amines) is 1. The summed E-state index contributed by atoms with van der Waals surface area (Å²) in [6.07, 6.45) is 3.74. The maximum absolute atomic E-state index is 12.6. The van der Waals surface area contributed by atoms with Crippen LogP contribution in [-0.4, -0.2) is 41.2 Å². The first-order valence-electron chi connectivity index (χ1n) is 6.74. The van der Waals surface area contributed by atoms with Crippen LogP contribution in [0.5, 0.6) is 0 Å². The fourth-order valence-electron chi connectivity index (χ4n) is 2.74. The standard InChI is InChI=1S/C15H16N2O2S/c1-2-7-17-14(18)12(11-6-5-10-20-11)13(15(17)19)16-8-3-4-9-16/h2,5-6,10H,1,3-4,7-9H2. The third-order valence-corrected chi connectivity index (χ3v) is 4.53. The molecular weight excluding hydrogens is 272 g/mol. The first kappa shape index (κ1) is 13.1. The average Bonchev–Trinajstić information content (AvgIpc) is 3.14. The predicted molar refractivity (Wildman–Crippen MR) is 79.0 cm³/mol. The number of carbonyl (C=O) groups is 2. The van der Waals surface area contributed by atoms with E-state index >= 15 is 0 Å². The topological polar surface area (TPSA) is 40.6 Å². The summed E-state index contributed by atoms with van der Waals surface area (Å²) in [4.78, 5) is 29.3. The SMILES string of the molecule is C=CCN1C(=O)C(c2cccs2)=C(N2CCCC2)C1=O. The zero-order valence-electron chi connectivity index (χ0n) is 11.2. The van der Waals surface area contributed by atoms with Crippen LogP contribution in [0.15, 0.2) is 35.9 Å². The highest BCUT2D eigenvalue weighted by molar-refractivity contribution is 7.11. The lowest BCUT2D eigenvalue weighted by atomic mass is 10.2. The fourth-order valence-corrected chi connectivity index (χ4v) is 3.50. The zero-order valence-corrected chi connectivity index (χ0v) is 12.0. The minimum absolute atomic E-state index is 0.180. The molecule has 2 aliphatic rings. The molecule has 0 aromatic carbocycles. The van der Waals surface area contributed by atoms with Crippen molar-refractivity contribution in [2.24, 2.45) is 0 Å². The van der Waals surface area contributed by atoms with Crippen molar-refractivity contribution in [3.05, 3.63) is 40.7 Å². The molecule has 0 unspecified atom stereocenters. The fraction of sp³-hybridized carbons (Fsp3) is 0.333. The first-order chi connectivity index (χ1) is 9.74. The van der Waals surface area contributed by atoms with Crippen molar-refractivity contribution < 1.29 is 9.59 Å². The summed E-state index contributed by atoms with van der Waals surface area (Å²) in [5, 5.41) is 1.93. The highest BCUT2D eigenvalue weighted by Gasteiger charge is 2.41. The summed E-state index contributed by atoms with van der Waals surface area (Å²) in [6, 6.07) is 3.81. The van der Waals surface area contributed by atoms with Crippen molar-refractivity contribution in [2.75, 3.05) is 19.6 Å². The molecule has 0 aliphatic carbocycles. The van der Waals surface area contributed by atoms with E-state index in [-0.39, 0.29) is 18.4 Å². The minimum atomic E-state index is -0.195. The summed E-state index contributed by atoms with van der Waals surface area (Å²) in [7, 11) is 0. The summed E-state index contributed by atoms with van der Waals surface area (Å²) >= 11 is 1.50. The molecule has 1 aromatic rings. The Balaban J connectivity index is 2.07. The van der Waals surface area contributed by atoms with Crippen molar-refractivity contribution in [1.29, 1.82) is 0 Å². The Morgan fingerprint density at radius 1 is 1.25 bits per heavy atom.